The predicted molar refractivity (Wildman–Crippen MR) is 179 cm³/mol. The van der Waals surface area contributed by atoms with E-state index >= 15 is 0 Å². The van der Waals surface area contributed by atoms with Crippen LogP contribution >= 0.6 is 0 Å². The van der Waals surface area contributed by atoms with Gasteiger partial charge in [-0.15, -0.1) is 6.58 Å². The second-order valence-corrected chi connectivity index (χ2v) is 16.3. The second-order valence-electron chi connectivity index (χ2n) is 13.4. The van der Waals surface area contributed by atoms with Crippen LogP contribution in [0.4, 0.5) is 0 Å². The van der Waals surface area contributed by atoms with Gasteiger partial charge in [-0.25, -0.2) is 16.8 Å². The summed E-state index contributed by atoms with van der Waals surface area (Å²) in [7, 11) is -0.891. The Morgan fingerprint density at radius 2 is 0.955 bits per heavy atom. The van der Waals surface area contributed by atoms with Gasteiger partial charge in [-0.3, -0.25) is 0 Å². The minimum absolute atomic E-state index is 0.292. The molecule has 0 fully saturated rings. The molecule has 0 aromatic rings. The molecule has 0 amide bonds. The third-order valence-electron chi connectivity index (χ3n) is 7.41. The molecule has 0 bridgehead atoms. The van der Waals surface area contributed by atoms with E-state index in [1.165, 1.54) is 57.8 Å². The van der Waals surface area contributed by atoms with Gasteiger partial charge in [-0.1, -0.05) is 63.7 Å². The number of allylic oxidation sites excluding steroid dienone is 3. The molecule has 0 rings (SSSR count). The van der Waals surface area contributed by atoms with E-state index in [4.69, 9.17) is 0 Å². The molecule has 0 aliphatic carbocycles. The second kappa shape index (κ2) is 25.3. The highest BCUT2D eigenvalue weighted by Crippen LogP contribution is 2.12. The van der Waals surface area contributed by atoms with Crippen molar-refractivity contribution < 1.29 is 45.1 Å². The molecule has 0 aliphatic heterocycles. The molecule has 0 radical (unpaired) electrons. The normalized spacial score (nSPS) is 14.3. The van der Waals surface area contributed by atoms with Crippen LogP contribution in [-0.4, -0.2) is 123 Å². The first kappa shape index (κ1) is 45.3. The van der Waals surface area contributed by atoms with Gasteiger partial charge < -0.3 is 28.3 Å². The Balaban J connectivity index is 0. The van der Waals surface area contributed by atoms with E-state index in [9.17, 15) is 36.2 Å². The summed E-state index contributed by atoms with van der Waals surface area (Å²) in [6.45, 7) is 8.20. The fourth-order valence-corrected chi connectivity index (χ4v) is 6.38. The van der Waals surface area contributed by atoms with Crippen LogP contribution in [0.15, 0.2) is 24.8 Å². The van der Waals surface area contributed by atoms with Crippen LogP contribution in [0.5, 0.6) is 0 Å². The van der Waals surface area contributed by atoms with E-state index in [2.05, 4.69) is 25.7 Å². The van der Waals surface area contributed by atoms with Gasteiger partial charge in [-0.2, -0.15) is 0 Å². The molecule has 2 N–H and O–H groups in total. The van der Waals surface area contributed by atoms with Gasteiger partial charge in [0.15, 0.2) is 0 Å². The summed E-state index contributed by atoms with van der Waals surface area (Å²) in [5, 5.41) is 19.3. The smallest absolute Gasteiger partial charge is 0.116 e. The Morgan fingerprint density at radius 1 is 0.614 bits per heavy atom. The Kier molecular flexibility index (Phi) is 26.0. The lowest BCUT2D eigenvalue weighted by Crippen LogP contribution is -2.47. The molecular weight excluding hydrogens is 604 g/mol. The minimum Gasteiger partial charge on any atom is -0.748 e. The molecule has 264 valence electrons. The number of rotatable bonds is 27. The number of hydrogen-bond donors (Lipinski definition) is 2. The Labute approximate surface area is 270 Å². The monoisotopic (exact) mass is 670 g/mol. The highest BCUT2D eigenvalue weighted by atomic mass is 32.2. The standard InChI is InChI=1S/C17H35NO4S.C15H31NO4S/c1-4-5-6-7-8-9-10-11-12-13-14-18(2,3)15-17(19)16-23(20,21)22;1-4-5-6-7-8-9-10-11-12-16(2,3)13-15(17)14-21(18,19)20/h5-6,17,19H,4,7-16H2,1-3H3;4,15,17H,1,5-14H2,2-3H3/b6-5+;. The number of aliphatic hydroxyl groups is 2. The molecule has 0 aromatic heterocycles. The van der Waals surface area contributed by atoms with E-state index in [-0.39, 0.29) is 0 Å². The third kappa shape index (κ3) is 35.6. The summed E-state index contributed by atoms with van der Waals surface area (Å²) in [6, 6.07) is 0. The molecule has 0 saturated carbocycles. The predicted octanol–water partition coefficient (Wildman–Crippen LogP) is 4.55. The molecular formula is C32H66N2O8S2. The minimum atomic E-state index is -4.35. The van der Waals surface area contributed by atoms with E-state index in [1.807, 2.05) is 34.3 Å². The molecule has 12 heteroatoms. The van der Waals surface area contributed by atoms with Gasteiger partial charge >= 0.3 is 0 Å². The van der Waals surface area contributed by atoms with Crippen LogP contribution in [-0.2, 0) is 20.2 Å². The van der Waals surface area contributed by atoms with E-state index in [0.29, 0.717) is 22.1 Å². The van der Waals surface area contributed by atoms with Crippen LogP contribution in [0.1, 0.15) is 103 Å². The zero-order valence-electron chi connectivity index (χ0n) is 28.5. The Hall–Kier alpha value is -0.860. The van der Waals surface area contributed by atoms with Gasteiger partial charge in [0.05, 0.1) is 73.0 Å². The van der Waals surface area contributed by atoms with Crippen molar-refractivity contribution in [1.82, 2.24) is 0 Å². The third-order valence-corrected chi connectivity index (χ3v) is 9.00. The molecule has 2 atom stereocenters. The first-order chi connectivity index (χ1) is 20.3. The zero-order chi connectivity index (χ0) is 34.1. The molecule has 2 unspecified atom stereocenters. The maximum absolute atomic E-state index is 10.6. The van der Waals surface area contributed by atoms with Crippen LogP contribution in [0.2, 0.25) is 0 Å². The van der Waals surface area contributed by atoms with Crippen LogP contribution < -0.4 is 0 Å². The number of hydrogen-bond acceptors (Lipinski definition) is 8. The first-order valence-corrected chi connectivity index (χ1v) is 19.6. The summed E-state index contributed by atoms with van der Waals surface area (Å²) in [4.78, 5) is 0. The molecule has 44 heavy (non-hydrogen) atoms. The molecule has 0 heterocycles. The van der Waals surface area contributed by atoms with E-state index in [0.717, 1.165) is 51.6 Å². The van der Waals surface area contributed by atoms with Crippen LogP contribution in [0.25, 0.3) is 0 Å². The van der Waals surface area contributed by atoms with Crippen molar-refractivity contribution >= 4 is 20.2 Å². The van der Waals surface area contributed by atoms with Crippen molar-refractivity contribution in [3.8, 4) is 0 Å². The van der Waals surface area contributed by atoms with Crippen molar-refractivity contribution in [3.05, 3.63) is 24.8 Å². The quantitative estimate of drug-likeness (QED) is 0.0558. The number of quaternary nitrogens is 2. The van der Waals surface area contributed by atoms with E-state index < -0.39 is 43.9 Å². The van der Waals surface area contributed by atoms with Crippen molar-refractivity contribution in [2.24, 2.45) is 0 Å². The van der Waals surface area contributed by atoms with Crippen molar-refractivity contribution in [3.63, 3.8) is 0 Å². The van der Waals surface area contributed by atoms with Crippen LogP contribution in [0, 0.1) is 0 Å². The van der Waals surface area contributed by atoms with Gasteiger partial charge in [0.25, 0.3) is 0 Å². The molecule has 0 aromatic carbocycles. The number of aliphatic hydroxyl groups excluding tert-OH is 2. The number of nitrogens with zero attached hydrogens (tertiary/aromatic N) is 2. The lowest BCUT2D eigenvalue weighted by Gasteiger charge is -2.32. The molecule has 0 spiro atoms. The Bertz CT molecular complexity index is 951. The lowest BCUT2D eigenvalue weighted by atomic mass is 10.1. The average molecular weight is 671 g/mol. The highest BCUT2D eigenvalue weighted by Gasteiger charge is 2.22. The largest absolute Gasteiger partial charge is 0.748 e. The molecule has 0 saturated heterocycles. The Morgan fingerprint density at radius 3 is 1.30 bits per heavy atom. The fraction of sp³-hybridized carbons (Fsp3) is 0.875. The maximum Gasteiger partial charge on any atom is 0.116 e. The van der Waals surface area contributed by atoms with Crippen molar-refractivity contribution in [1.29, 1.82) is 0 Å². The summed E-state index contributed by atoms with van der Waals surface area (Å²) in [6.07, 6.45) is 21.9. The summed E-state index contributed by atoms with van der Waals surface area (Å²) >= 11 is 0. The van der Waals surface area contributed by atoms with Gasteiger partial charge in [0.1, 0.15) is 25.3 Å². The van der Waals surface area contributed by atoms with Gasteiger partial charge in [-0.05, 0) is 57.8 Å². The zero-order valence-corrected chi connectivity index (χ0v) is 30.1. The summed E-state index contributed by atoms with van der Waals surface area (Å²) in [5.41, 5.74) is 0. The molecule has 10 nitrogen and oxygen atoms in total. The SMILES string of the molecule is C=CCCCCCCCC[N+](C)(C)CC(O)CS(=O)(=O)[O-].CC/C=C/CCCCCCCC[N+](C)(C)CC(O)CS(=O)(=O)[O-]. The van der Waals surface area contributed by atoms with Crippen molar-refractivity contribution in [2.75, 3.05) is 65.9 Å². The highest BCUT2D eigenvalue weighted by molar-refractivity contribution is 7.85. The van der Waals surface area contributed by atoms with Crippen molar-refractivity contribution in [2.45, 2.75) is 115 Å². The topological polar surface area (TPSA) is 155 Å². The van der Waals surface area contributed by atoms with E-state index in [1.54, 1.807) is 0 Å². The first-order valence-electron chi connectivity index (χ1n) is 16.5. The average Bonchev–Trinajstić information content (AvgIpc) is 2.84. The number of unbranched alkanes of at least 4 members (excludes halogenated alkanes) is 12. The van der Waals surface area contributed by atoms with Gasteiger partial charge in [0.2, 0.25) is 0 Å². The molecule has 0 aliphatic rings. The fourth-order valence-electron chi connectivity index (χ4n) is 5.23. The lowest BCUT2D eigenvalue weighted by molar-refractivity contribution is -0.893. The summed E-state index contributed by atoms with van der Waals surface area (Å²) in [5.74, 6) is -1.39. The summed E-state index contributed by atoms with van der Waals surface area (Å²) < 4.78 is 64.8. The van der Waals surface area contributed by atoms with Crippen LogP contribution in [0.3, 0.4) is 0 Å². The maximum atomic E-state index is 10.6. The van der Waals surface area contributed by atoms with Gasteiger partial charge in [0, 0.05) is 0 Å². The number of likely N-dealkylation sites (N-methyl/N-ethyl adjacent to an activating group) is 2.